The Morgan fingerprint density at radius 1 is 1.26 bits per heavy atom. The number of ether oxygens (including phenoxy) is 1. The van der Waals surface area contributed by atoms with Crippen molar-refractivity contribution in [1.29, 1.82) is 0 Å². The number of carbonyl (C=O) groups is 2. The lowest BCUT2D eigenvalue weighted by atomic mass is 10.2. The number of carbonyl (C=O) groups excluding carboxylic acids is 2. The predicted octanol–water partition coefficient (Wildman–Crippen LogP) is 2.76. The quantitative estimate of drug-likeness (QED) is 0.777. The van der Waals surface area contributed by atoms with Crippen LogP contribution in [0.3, 0.4) is 0 Å². The van der Waals surface area contributed by atoms with E-state index in [4.69, 9.17) is 4.74 Å². The molecular weight excluding hydrogens is 319 g/mol. The Balaban J connectivity index is 2.56. The Labute approximate surface area is 118 Å². The number of nitrogens with one attached hydrogen (secondary N) is 2. The van der Waals surface area contributed by atoms with Gasteiger partial charge in [-0.3, -0.25) is 10.2 Å². The van der Waals surface area contributed by atoms with Crippen LogP contribution in [0.2, 0.25) is 0 Å². The van der Waals surface area contributed by atoms with Gasteiger partial charge in [0.2, 0.25) is 0 Å². The molecule has 7 heteroatoms. The summed E-state index contributed by atoms with van der Waals surface area (Å²) in [4.78, 5) is 22.9. The summed E-state index contributed by atoms with van der Waals surface area (Å²) >= 11 is 2.98. The zero-order valence-corrected chi connectivity index (χ0v) is 12.3. The number of hydrogen-bond acceptors (Lipinski definition) is 3. The first kappa shape index (κ1) is 15.4. The van der Waals surface area contributed by atoms with E-state index in [2.05, 4.69) is 26.8 Å². The van der Waals surface area contributed by atoms with Crippen LogP contribution in [0, 0.1) is 5.82 Å². The highest BCUT2D eigenvalue weighted by atomic mass is 79.9. The highest BCUT2D eigenvalue weighted by Gasteiger charge is 2.17. The molecule has 1 rings (SSSR count). The normalized spacial score (nSPS) is 10.8. The lowest BCUT2D eigenvalue weighted by Gasteiger charge is -2.19. The van der Waals surface area contributed by atoms with Crippen molar-refractivity contribution in [3.8, 4) is 0 Å². The van der Waals surface area contributed by atoms with Gasteiger partial charge in [-0.2, -0.15) is 0 Å². The molecule has 0 fully saturated rings. The third-order valence-corrected chi connectivity index (χ3v) is 2.50. The Hall–Kier alpha value is -1.63. The van der Waals surface area contributed by atoms with Crippen molar-refractivity contribution < 1.29 is 18.7 Å². The highest BCUT2D eigenvalue weighted by Crippen LogP contribution is 2.16. The second kappa shape index (κ2) is 6.01. The number of hydrogen-bond donors (Lipinski definition) is 2. The van der Waals surface area contributed by atoms with Crippen LogP contribution in [0.4, 0.5) is 9.18 Å². The van der Waals surface area contributed by atoms with Crippen molar-refractivity contribution in [3.63, 3.8) is 0 Å². The molecule has 0 spiro atoms. The lowest BCUT2D eigenvalue weighted by molar-refractivity contribution is 0.0483. The second-order valence-electron chi connectivity index (χ2n) is 4.71. The summed E-state index contributed by atoms with van der Waals surface area (Å²) in [6.45, 7) is 5.08. The van der Waals surface area contributed by atoms with Gasteiger partial charge in [-0.25, -0.2) is 14.6 Å². The molecule has 5 nitrogen and oxygen atoms in total. The first-order valence-electron chi connectivity index (χ1n) is 5.43. The lowest BCUT2D eigenvalue weighted by Crippen LogP contribution is -2.44. The van der Waals surface area contributed by atoms with E-state index in [-0.39, 0.29) is 10.0 Å². The first-order valence-corrected chi connectivity index (χ1v) is 6.23. The number of amides is 2. The van der Waals surface area contributed by atoms with Crippen molar-refractivity contribution in [2.45, 2.75) is 26.4 Å². The van der Waals surface area contributed by atoms with Crippen molar-refractivity contribution in [2.24, 2.45) is 0 Å². The molecule has 0 radical (unpaired) electrons. The summed E-state index contributed by atoms with van der Waals surface area (Å²) in [5, 5.41) is 0. The molecule has 0 saturated heterocycles. The third-order valence-electron chi connectivity index (χ3n) is 1.86. The molecule has 0 atom stereocenters. The fourth-order valence-corrected chi connectivity index (χ4v) is 1.37. The molecule has 1 aromatic rings. The standard InChI is InChI=1S/C12H14BrFN2O3/c1-12(2,3)19-11(18)16-15-10(17)7-4-5-8(13)9(14)6-7/h4-6H,1-3H3,(H,15,17)(H,16,18). The van der Waals surface area contributed by atoms with Gasteiger partial charge in [0.1, 0.15) is 11.4 Å². The van der Waals surface area contributed by atoms with Crippen molar-refractivity contribution >= 4 is 27.9 Å². The molecular formula is C12H14BrFN2O3. The molecule has 0 heterocycles. The molecule has 0 unspecified atom stereocenters. The van der Waals surface area contributed by atoms with Gasteiger partial charge in [0, 0.05) is 5.56 Å². The minimum atomic E-state index is -0.793. The molecule has 0 aromatic heterocycles. The highest BCUT2D eigenvalue weighted by molar-refractivity contribution is 9.10. The fraction of sp³-hybridized carbons (Fsp3) is 0.333. The average Bonchev–Trinajstić information content (AvgIpc) is 2.27. The number of halogens is 2. The van der Waals surface area contributed by atoms with Crippen LogP contribution < -0.4 is 10.9 Å². The smallest absolute Gasteiger partial charge is 0.426 e. The summed E-state index contributed by atoms with van der Waals surface area (Å²) < 4.78 is 18.4. The molecule has 0 aliphatic rings. The van der Waals surface area contributed by atoms with Crippen LogP contribution in [-0.4, -0.2) is 17.6 Å². The topological polar surface area (TPSA) is 67.4 Å². The minimum absolute atomic E-state index is 0.0803. The Morgan fingerprint density at radius 2 is 1.89 bits per heavy atom. The van der Waals surface area contributed by atoms with Gasteiger partial charge < -0.3 is 4.74 Å². The predicted molar refractivity (Wildman–Crippen MR) is 70.9 cm³/mol. The van der Waals surface area contributed by atoms with E-state index in [1.54, 1.807) is 20.8 Å². The van der Waals surface area contributed by atoms with Crippen LogP contribution in [0.1, 0.15) is 31.1 Å². The van der Waals surface area contributed by atoms with E-state index < -0.39 is 23.4 Å². The molecule has 2 N–H and O–H groups in total. The van der Waals surface area contributed by atoms with Crippen LogP contribution in [0.15, 0.2) is 22.7 Å². The third kappa shape index (κ3) is 5.25. The molecule has 104 valence electrons. The Morgan fingerprint density at radius 3 is 2.42 bits per heavy atom. The molecule has 1 aromatic carbocycles. The summed E-state index contributed by atoms with van der Waals surface area (Å²) in [6.07, 6.45) is -0.793. The van der Waals surface area contributed by atoms with Crippen LogP contribution in [-0.2, 0) is 4.74 Å². The van der Waals surface area contributed by atoms with Gasteiger partial charge in [-0.15, -0.1) is 0 Å². The Kier molecular flexibility index (Phi) is 4.88. The van der Waals surface area contributed by atoms with E-state index >= 15 is 0 Å². The largest absolute Gasteiger partial charge is 0.443 e. The molecule has 0 aliphatic carbocycles. The summed E-state index contributed by atoms with van der Waals surface area (Å²) in [5.41, 5.74) is 3.61. The van der Waals surface area contributed by atoms with Gasteiger partial charge >= 0.3 is 6.09 Å². The monoisotopic (exact) mass is 332 g/mol. The maximum Gasteiger partial charge on any atom is 0.426 e. The number of hydrazine groups is 1. The van der Waals surface area contributed by atoms with E-state index in [1.807, 2.05) is 0 Å². The van der Waals surface area contributed by atoms with Crippen LogP contribution in [0.5, 0.6) is 0 Å². The maximum atomic E-state index is 13.2. The van der Waals surface area contributed by atoms with E-state index in [0.717, 1.165) is 6.07 Å². The SMILES string of the molecule is CC(C)(C)OC(=O)NNC(=O)c1ccc(Br)c(F)c1. The molecule has 0 bridgehead atoms. The maximum absolute atomic E-state index is 13.2. The summed E-state index contributed by atoms with van der Waals surface area (Å²) in [5.74, 6) is -1.21. The van der Waals surface area contributed by atoms with Gasteiger partial charge in [0.15, 0.2) is 0 Å². The zero-order valence-electron chi connectivity index (χ0n) is 10.7. The summed E-state index contributed by atoms with van der Waals surface area (Å²) in [7, 11) is 0. The van der Waals surface area contributed by atoms with Crippen molar-refractivity contribution in [1.82, 2.24) is 10.9 Å². The number of benzene rings is 1. The van der Waals surface area contributed by atoms with Crippen molar-refractivity contribution in [2.75, 3.05) is 0 Å². The van der Waals surface area contributed by atoms with Gasteiger partial charge in [0.05, 0.1) is 4.47 Å². The van der Waals surface area contributed by atoms with Crippen molar-refractivity contribution in [3.05, 3.63) is 34.1 Å². The van der Waals surface area contributed by atoms with Crippen LogP contribution >= 0.6 is 15.9 Å². The van der Waals surface area contributed by atoms with E-state index in [1.165, 1.54) is 12.1 Å². The fourth-order valence-electron chi connectivity index (χ4n) is 1.12. The minimum Gasteiger partial charge on any atom is -0.443 e. The molecule has 2 amide bonds. The average molecular weight is 333 g/mol. The molecule has 0 aliphatic heterocycles. The first-order chi connectivity index (χ1) is 8.69. The zero-order chi connectivity index (χ0) is 14.6. The molecule has 19 heavy (non-hydrogen) atoms. The Bertz CT molecular complexity index is 500. The molecule has 0 saturated carbocycles. The van der Waals surface area contributed by atoms with E-state index in [0.29, 0.717) is 0 Å². The number of rotatable bonds is 1. The summed E-state index contributed by atoms with van der Waals surface area (Å²) in [6, 6.07) is 3.87. The second-order valence-corrected chi connectivity index (χ2v) is 5.56. The van der Waals surface area contributed by atoms with Gasteiger partial charge in [0.25, 0.3) is 5.91 Å². The van der Waals surface area contributed by atoms with Crippen LogP contribution in [0.25, 0.3) is 0 Å². The van der Waals surface area contributed by atoms with Gasteiger partial charge in [-0.1, -0.05) is 0 Å². The van der Waals surface area contributed by atoms with E-state index in [9.17, 15) is 14.0 Å². The van der Waals surface area contributed by atoms with Gasteiger partial charge in [-0.05, 0) is 54.9 Å².